The summed E-state index contributed by atoms with van der Waals surface area (Å²) in [5.74, 6) is 0.343. The Labute approximate surface area is 67.2 Å². The molecule has 1 heterocycles. The highest BCUT2D eigenvalue weighted by Gasteiger charge is 1.86. The maximum Gasteiger partial charge on any atom is 0.132 e. The van der Waals surface area contributed by atoms with Crippen molar-refractivity contribution in [2.75, 3.05) is 0 Å². The number of ketones is 1. The molecule has 1 aromatic heterocycles. The average Bonchev–Trinajstić information content (AvgIpc) is 2.60. The summed E-state index contributed by atoms with van der Waals surface area (Å²) in [5.41, 5.74) is 0. The van der Waals surface area contributed by atoms with Crippen LogP contribution in [0.3, 0.4) is 0 Å². The van der Waals surface area contributed by atoms with Crippen LogP contribution in [-0.4, -0.2) is 5.78 Å². The lowest BCUT2D eigenvalue weighted by Gasteiger charge is -1.81. The van der Waals surface area contributed by atoms with Crippen LogP contribution in [0.5, 0.6) is 0 Å². The molecule has 1 rings (SSSR count). The van der Waals surface area contributed by atoms with Gasteiger partial charge in [0.1, 0.15) is 5.78 Å². The molecule has 2 nitrogen and oxygen atoms in total. The third-order valence-electron chi connectivity index (χ3n) is 1.21. The molecular formula is C9H14O2. The lowest BCUT2D eigenvalue weighted by molar-refractivity contribution is -0.118. The number of rotatable bonds is 2. The molecule has 0 fully saturated rings. The Morgan fingerprint density at radius 1 is 1.18 bits per heavy atom. The van der Waals surface area contributed by atoms with Crippen molar-refractivity contribution in [1.29, 1.82) is 0 Å². The Morgan fingerprint density at radius 2 is 1.64 bits per heavy atom. The van der Waals surface area contributed by atoms with Gasteiger partial charge in [-0.2, -0.15) is 0 Å². The maximum atomic E-state index is 10.2. The first-order chi connectivity index (χ1) is 5.31. The van der Waals surface area contributed by atoms with E-state index in [9.17, 15) is 4.79 Å². The molecule has 0 aliphatic heterocycles. The van der Waals surface area contributed by atoms with Crippen molar-refractivity contribution in [3.63, 3.8) is 0 Å². The first kappa shape index (κ1) is 9.95. The minimum Gasteiger partial charge on any atom is -0.473 e. The maximum absolute atomic E-state index is 10.2. The van der Waals surface area contributed by atoms with E-state index in [0.29, 0.717) is 18.6 Å². The fourth-order valence-corrected chi connectivity index (χ4v) is 0.477. The molecule has 0 bridgehead atoms. The predicted molar refractivity (Wildman–Crippen MR) is 44.3 cm³/mol. The fraction of sp³-hybridized carbons (Fsp3) is 0.444. The highest BCUT2D eigenvalue weighted by molar-refractivity contribution is 5.77. The first-order valence-corrected chi connectivity index (χ1v) is 3.80. The highest BCUT2D eigenvalue weighted by Crippen LogP contribution is 1.83. The summed E-state index contributed by atoms with van der Waals surface area (Å²) in [5, 5.41) is 0. The van der Waals surface area contributed by atoms with E-state index in [2.05, 4.69) is 4.42 Å². The topological polar surface area (TPSA) is 30.2 Å². The van der Waals surface area contributed by atoms with Crippen molar-refractivity contribution in [2.24, 2.45) is 0 Å². The summed E-state index contributed by atoms with van der Waals surface area (Å²) in [4.78, 5) is 10.2. The van der Waals surface area contributed by atoms with E-state index >= 15 is 0 Å². The summed E-state index contributed by atoms with van der Waals surface area (Å²) in [6.07, 6.45) is 4.63. The molecule has 0 saturated heterocycles. The molecule has 0 aliphatic rings. The van der Waals surface area contributed by atoms with Crippen LogP contribution in [0.1, 0.15) is 26.7 Å². The molecule has 0 N–H and O–H groups in total. The third-order valence-corrected chi connectivity index (χ3v) is 1.21. The smallest absolute Gasteiger partial charge is 0.132 e. The van der Waals surface area contributed by atoms with E-state index in [1.54, 1.807) is 12.5 Å². The lowest BCUT2D eigenvalue weighted by atomic mass is 10.3. The van der Waals surface area contributed by atoms with Crippen molar-refractivity contribution in [1.82, 2.24) is 0 Å². The SMILES string of the molecule is CCC(=O)CC.c1ccoc1. The molecule has 0 amide bonds. The highest BCUT2D eigenvalue weighted by atomic mass is 16.3. The number of Topliss-reactive ketones (excluding diaryl/α,β-unsaturated/α-hetero) is 1. The van der Waals surface area contributed by atoms with Crippen molar-refractivity contribution < 1.29 is 9.21 Å². The second-order valence-corrected chi connectivity index (χ2v) is 2.04. The molecule has 0 aliphatic carbocycles. The second-order valence-electron chi connectivity index (χ2n) is 2.04. The molecule has 0 saturated carbocycles. The minimum absolute atomic E-state index is 0.343. The van der Waals surface area contributed by atoms with Gasteiger partial charge in [-0.3, -0.25) is 4.79 Å². The van der Waals surface area contributed by atoms with Crippen molar-refractivity contribution in [3.8, 4) is 0 Å². The molecule has 1 aromatic rings. The van der Waals surface area contributed by atoms with E-state index in [-0.39, 0.29) is 0 Å². The van der Waals surface area contributed by atoms with Gasteiger partial charge < -0.3 is 4.42 Å². The molecular weight excluding hydrogens is 140 g/mol. The van der Waals surface area contributed by atoms with Gasteiger partial charge in [-0.05, 0) is 12.1 Å². The Kier molecular flexibility index (Phi) is 6.39. The average molecular weight is 154 g/mol. The Bertz CT molecular complexity index is 142. The fourth-order valence-electron chi connectivity index (χ4n) is 0.477. The van der Waals surface area contributed by atoms with E-state index < -0.39 is 0 Å². The van der Waals surface area contributed by atoms with E-state index in [1.165, 1.54) is 0 Å². The summed E-state index contributed by atoms with van der Waals surface area (Å²) >= 11 is 0. The number of furan rings is 1. The first-order valence-electron chi connectivity index (χ1n) is 3.80. The standard InChI is InChI=1S/C5H10O.C4H4O/c1-3-5(6)4-2;1-2-4-5-3-1/h3-4H2,1-2H3;1-4H. The van der Waals surface area contributed by atoms with Crippen molar-refractivity contribution in [3.05, 3.63) is 24.7 Å². The van der Waals surface area contributed by atoms with Gasteiger partial charge in [-0.15, -0.1) is 0 Å². The van der Waals surface area contributed by atoms with Crippen LogP contribution in [-0.2, 0) is 4.79 Å². The summed E-state index contributed by atoms with van der Waals surface area (Å²) in [7, 11) is 0. The molecule has 0 unspecified atom stereocenters. The van der Waals surface area contributed by atoms with Gasteiger partial charge in [0, 0.05) is 12.8 Å². The molecule has 62 valence electrons. The molecule has 0 aromatic carbocycles. The van der Waals surface area contributed by atoms with Gasteiger partial charge in [0.2, 0.25) is 0 Å². The van der Waals surface area contributed by atoms with Crippen LogP contribution < -0.4 is 0 Å². The predicted octanol–water partition coefficient (Wildman–Crippen LogP) is 2.66. The molecule has 0 spiro atoms. The molecule has 11 heavy (non-hydrogen) atoms. The molecule has 0 atom stereocenters. The van der Waals surface area contributed by atoms with Gasteiger partial charge in [0.05, 0.1) is 12.5 Å². The van der Waals surface area contributed by atoms with E-state index in [0.717, 1.165) is 0 Å². The number of hydrogen-bond donors (Lipinski definition) is 0. The minimum atomic E-state index is 0.343. The van der Waals surface area contributed by atoms with Crippen molar-refractivity contribution in [2.45, 2.75) is 26.7 Å². The summed E-state index contributed by atoms with van der Waals surface area (Å²) in [6.45, 7) is 3.76. The van der Waals surface area contributed by atoms with Crippen LogP contribution in [0.2, 0.25) is 0 Å². The van der Waals surface area contributed by atoms with Crippen LogP contribution >= 0.6 is 0 Å². The second kappa shape index (κ2) is 7.06. The number of carbonyl (C=O) groups is 1. The van der Waals surface area contributed by atoms with Gasteiger partial charge in [0.15, 0.2) is 0 Å². The van der Waals surface area contributed by atoms with Gasteiger partial charge in [0.25, 0.3) is 0 Å². The Balaban J connectivity index is 0.000000183. The van der Waals surface area contributed by atoms with Gasteiger partial charge >= 0.3 is 0 Å². The Hall–Kier alpha value is -1.05. The summed E-state index contributed by atoms with van der Waals surface area (Å²) < 4.78 is 4.58. The van der Waals surface area contributed by atoms with E-state index in [1.807, 2.05) is 26.0 Å². The largest absolute Gasteiger partial charge is 0.473 e. The monoisotopic (exact) mass is 154 g/mol. The molecule has 2 heteroatoms. The quantitative estimate of drug-likeness (QED) is 0.655. The van der Waals surface area contributed by atoms with Crippen LogP contribution in [0.25, 0.3) is 0 Å². The van der Waals surface area contributed by atoms with Gasteiger partial charge in [-0.1, -0.05) is 13.8 Å². The van der Waals surface area contributed by atoms with Crippen LogP contribution in [0.15, 0.2) is 29.1 Å². The molecule has 0 radical (unpaired) electrons. The summed E-state index contributed by atoms with van der Waals surface area (Å²) in [6, 6.07) is 3.67. The van der Waals surface area contributed by atoms with Crippen LogP contribution in [0.4, 0.5) is 0 Å². The van der Waals surface area contributed by atoms with Crippen LogP contribution in [0, 0.1) is 0 Å². The lowest BCUT2D eigenvalue weighted by Crippen LogP contribution is -1.88. The van der Waals surface area contributed by atoms with Crippen molar-refractivity contribution >= 4 is 5.78 Å². The Morgan fingerprint density at radius 3 is 1.73 bits per heavy atom. The zero-order valence-corrected chi connectivity index (χ0v) is 7.04. The zero-order chi connectivity index (χ0) is 8.53. The normalized spacial score (nSPS) is 8.18. The number of carbonyl (C=O) groups excluding carboxylic acids is 1. The number of hydrogen-bond acceptors (Lipinski definition) is 2. The van der Waals surface area contributed by atoms with Gasteiger partial charge in [-0.25, -0.2) is 0 Å². The zero-order valence-electron chi connectivity index (χ0n) is 7.04. The van der Waals surface area contributed by atoms with E-state index in [4.69, 9.17) is 0 Å². The third kappa shape index (κ3) is 6.84.